The van der Waals surface area contributed by atoms with Gasteiger partial charge in [-0.25, -0.2) is 4.37 Å². The van der Waals surface area contributed by atoms with Crippen LogP contribution in [0.5, 0.6) is 0 Å². The van der Waals surface area contributed by atoms with Crippen LogP contribution >= 0.6 is 11.5 Å². The highest BCUT2D eigenvalue weighted by Gasteiger charge is 2.05. The average molecular weight is 223 g/mol. The molecule has 0 saturated carbocycles. The van der Waals surface area contributed by atoms with Crippen LogP contribution in [0.1, 0.15) is 15.4 Å². The molecule has 0 aliphatic rings. The topological polar surface area (TPSA) is 86.7 Å². The molecule has 15 heavy (non-hydrogen) atoms. The third-order valence-corrected chi connectivity index (χ3v) is 2.67. The minimum atomic E-state index is -0.556. The van der Waals surface area contributed by atoms with Crippen molar-refractivity contribution in [3.05, 3.63) is 29.0 Å². The molecule has 2 rings (SSSR count). The molecule has 2 heterocycles. The molecule has 1 amide bonds. The number of carbonyl (C=O) groups excluding carboxylic acids is 1. The van der Waals surface area contributed by atoms with Gasteiger partial charge >= 0.3 is 0 Å². The number of amides is 1. The summed E-state index contributed by atoms with van der Waals surface area (Å²) in [5.41, 5.74) is 5.25. The first-order valence-corrected chi connectivity index (χ1v) is 5.12. The highest BCUT2D eigenvalue weighted by molar-refractivity contribution is 7.05. The molecule has 6 nitrogen and oxygen atoms in total. The number of nitrogens with two attached hydrogens (primary N) is 1. The summed E-state index contributed by atoms with van der Waals surface area (Å²) in [5.74, 6) is -0.556. The quantitative estimate of drug-likeness (QED) is 0.795. The second-order valence-corrected chi connectivity index (χ2v) is 3.88. The molecule has 0 atom stereocenters. The Hall–Kier alpha value is -1.76. The maximum atomic E-state index is 10.7. The van der Waals surface area contributed by atoms with Crippen LogP contribution < -0.4 is 5.73 Å². The van der Waals surface area contributed by atoms with Crippen molar-refractivity contribution in [2.45, 2.75) is 13.0 Å². The van der Waals surface area contributed by atoms with Crippen molar-refractivity contribution in [3.63, 3.8) is 0 Å². The normalized spacial score (nSPS) is 10.4. The number of rotatable bonds is 4. The Kier molecular flexibility index (Phi) is 2.72. The van der Waals surface area contributed by atoms with Gasteiger partial charge in [0.25, 0.3) is 5.91 Å². The Labute approximate surface area is 89.9 Å². The molecule has 0 fully saturated rings. The van der Waals surface area contributed by atoms with Crippen LogP contribution in [-0.4, -0.2) is 25.3 Å². The Morgan fingerprint density at radius 3 is 3.07 bits per heavy atom. The van der Waals surface area contributed by atoms with Gasteiger partial charge in [0.15, 0.2) is 5.69 Å². The van der Waals surface area contributed by atoms with Gasteiger partial charge in [0.2, 0.25) is 0 Å². The summed E-state index contributed by atoms with van der Waals surface area (Å²) >= 11 is 1.45. The van der Waals surface area contributed by atoms with Crippen LogP contribution in [0.2, 0.25) is 0 Å². The zero-order valence-electron chi connectivity index (χ0n) is 7.83. The van der Waals surface area contributed by atoms with E-state index in [4.69, 9.17) is 5.73 Å². The minimum absolute atomic E-state index is 0.194. The van der Waals surface area contributed by atoms with E-state index >= 15 is 0 Å². The van der Waals surface area contributed by atoms with Gasteiger partial charge in [0.05, 0.1) is 6.20 Å². The Morgan fingerprint density at radius 2 is 2.47 bits per heavy atom. The number of hydrogen-bond donors (Lipinski definition) is 1. The van der Waals surface area contributed by atoms with Crippen LogP contribution in [-0.2, 0) is 13.0 Å². The monoisotopic (exact) mass is 223 g/mol. The predicted molar refractivity (Wildman–Crippen MR) is 54.4 cm³/mol. The lowest BCUT2D eigenvalue weighted by molar-refractivity contribution is 0.0995. The smallest absolute Gasteiger partial charge is 0.270 e. The Morgan fingerprint density at radius 1 is 1.60 bits per heavy atom. The third-order valence-electron chi connectivity index (χ3n) is 1.87. The van der Waals surface area contributed by atoms with Crippen LogP contribution in [0.15, 0.2) is 18.5 Å². The van der Waals surface area contributed by atoms with E-state index in [-0.39, 0.29) is 5.69 Å². The van der Waals surface area contributed by atoms with E-state index < -0.39 is 5.91 Å². The summed E-state index contributed by atoms with van der Waals surface area (Å²) in [7, 11) is 0. The molecular weight excluding hydrogens is 214 g/mol. The standard InChI is InChI=1S/C8H9N5OS/c9-8(14)7-5-13(12-11-7)4-2-6-1-3-10-15-6/h1,3,5H,2,4H2,(H2,9,14). The molecule has 0 aliphatic heterocycles. The van der Waals surface area contributed by atoms with Crippen LogP contribution in [0.4, 0.5) is 0 Å². The van der Waals surface area contributed by atoms with E-state index in [1.54, 1.807) is 17.1 Å². The predicted octanol–water partition coefficient (Wildman–Crippen LogP) is 0.0762. The molecule has 0 aliphatic carbocycles. The number of primary amides is 1. The van der Waals surface area contributed by atoms with Gasteiger partial charge in [0.1, 0.15) is 0 Å². The first-order chi connectivity index (χ1) is 7.25. The van der Waals surface area contributed by atoms with Gasteiger partial charge in [0, 0.05) is 24.0 Å². The van der Waals surface area contributed by atoms with Gasteiger partial charge in [-0.2, -0.15) is 0 Å². The number of hydrogen-bond acceptors (Lipinski definition) is 5. The van der Waals surface area contributed by atoms with Gasteiger partial charge in [-0.1, -0.05) is 5.21 Å². The number of aryl methyl sites for hydroxylation is 2. The second-order valence-electron chi connectivity index (χ2n) is 2.96. The van der Waals surface area contributed by atoms with Gasteiger partial charge in [-0.15, -0.1) is 5.10 Å². The fourth-order valence-electron chi connectivity index (χ4n) is 1.12. The zero-order chi connectivity index (χ0) is 10.7. The lowest BCUT2D eigenvalue weighted by atomic mass is 10.3. The highest BCUT2D eigenvalue weighted by Crippen LogP contribution is 2.06. The summed E-state index contributed by atoms with van der Waals surface area (Å²) in [4.78, 5) is 11.9. The van der Waals surface area contributed by atoms with Gasteiger partial charge in [-0.05, 0) is 17.6 Å². The van der Waals surface area contributed by atoms with E-state index in [1.165, 1.54) is 16.4 Å². The number of nitrogens with zero attached hydrogens (tertiary/aromatic N) is 4. The number of carbonyl (C=O) groups is 1. The van der Waals surface area contributed by atoms with E-state index in [0.29, 0.717) is 6.54 Å². The Bertz CT molecular complexity index is 449. The second kappa shape index (κ2) is 4.18. The summed E-state index contributed by atoms with van der Waals surface area (Å²) in [6.07, 6.45) is 4.13. The molecule has 2 N–H and O–H groups in total. The molecular formula is C8H9N5OS. The molecule has 7 heteroatoms. The van der Waals surface area contributed by atoms with E-state index in [2.05, 4.69) is 14.7 Å². The molecule has 0 saturated heterocycles. The fourth-order valence-corrected chi connectivity index (χ4v) is 1.68. The van der Waals surface area contributed by atoms with Gasteiger partial charge in [-0.3, -0.25) is 9.48 Å². The van der Waals surface area contributed by atoms with E-state index in [0.717, 1.165) is 6.42 Å². The minimum Gasteiger partial charge on any atom is -0.364 e. The van der Waals surface area contributed by atoms with Crippen molar-refractivity contribution in [3.8, 4) is 0 Å². The lowest BCUT2D eigenvalue weighted by Crippen LogP contribution is -2.11. The van der Waals surface area contributed by atoms with Crippen molar-refractivity contribution in [1.29, 1.82) is 0 Å². The molecule has 2 aromatic rings. The number of aromatic nitrogens is 4. The van der Waals surface area contributed by atoms with Crippen molar-refractivity contribution < 1.29 is 4.79 Å². The lowest BCUT2D eigenvalue weighted by Gasteiger charge is -1.95. The SMILES string of the molecule is NC(=O)c1cn(CCc2ccns2)nn1. The molecule has 0 radical (unpaired) electrons. The van der Waals surface area contributed by atoms with E-state index in [9.17, 15) is 4.79 Å². The van der Waals surface area contributed by atoms with Crippen LogP contribution in [0, 0.1) is 0 Å². The van der Waals surface area contributed by atoms with Crippen LogP contribution in [0.25, 0.3) is 0 Å². The molecule has 78 valence electrons. The molecule has 2 aromatic heterocycles. The molecule has 0 unspecified atom stereocenters. The van der Waals surface area contributed by atoms with Gasteiger partial charge < -0.3 is 5.73 Å². The zero-order valence-corrected chi connectivity index (χ0v) is 8.65. The van der Waals surface area contributed by atoms with Crippen molar-refractivity contribution in [1.82, 2.24) is 19.4 Å². The summed E-state index contributed by atoms with van der Waals surface area (Å²) in [5, 5.41) is 7.43. The maximum absolute atomic E-state index is 10.7. The first-order valence-electron chi connectivity index (χ1n) is 4.35. The van der Waals surface area contributed by atoms with Crippen molar-refractivity contribution in [2.75, 3.05) is 0 Å². The third kappa shape index (κ3) is 2.38. The van der Waals surface area contributed by atoms with E-state index in [1.807, 2.05) is 6.07 Å². The summed E-state index contributed by atoms with van der Waals surface area (Å²) in [6, 6.07) is 1.95. The van der Waals surface area contributed by atoms with Crippen molar-refractivity contribution in [2.24, 2.45) is 5.73 Å². The summed E-state index contributed by atoms with van der Waals surface area (Å²) < 4.78 is 5.59. The largest absolute Gasteiger partial charge is 0.364 e. The first kappa shape index (κ1) is 9.78. The molecule has 0 bridgehead atoms. The van der Waals surface area contributed by atoms with Crippen molar-refractivity contribution >= 4 is 17.4 Å². The highest BCUT2D eigenvalue weighted by atomic mass is 32.1. The fraction of sp³-hybridized carbons (Fsp3) is 0.250. The molecule has 0 aromatic carbocycles. The maximum Gasteiger partial charge on any atom is 0.270 e. The van der Waals surface area contributed by atoms with Crippen LogP contribution in [0.3, 0.4) is 0 Å². The summed E-state index contributed by atoms with van der Waals surface area (Å²) in [6.45, 7) is 0.669. The average Bonchev–Trinajstić information content (AvgIpc) is 2.86. The Balaban J connectivity index is 1.96. The molecule has 0 spiro atoms.